The first-order chi connectivity index (χ1) is 15.6. The van der Waals surface area contributed by atoms with Gasteiger partial charge in [0, 0.05) is 17.8 Å². The van der Waals surface area contributed by atoms with E-state index < -0.39 is 0 Å². The van der Waals surface area contributed by atoms with Crippen LogP contribution < -0.4 is 5.32 Å². The predicted molar refractivity (Wildman–Crippen MR) is 132 cm³/mol. The number of nitrogens with one attached hydrogen (secondary N) is 1. The summed E-state index contributed by atoms with van der Waals surface area (Å²) in [5.41, 5.74) is 5.98. The van der Waals surface area contributed by atoms with Crippen molar-refractivity contribution in [1.29, 1.82) is 0 Å². The van der Waals surface area contributed by atoms with Crippen molar-refractivity contribution in [2.75, 3.05) is 17.6 Å². The minimum absolute atomic E-state index is 0.00798. The molecule has 2 amide bonds. The highest BCUT2D eigenvalue weighted by Gasteiger charge is 2.32. The van der Waals surface area contributed by atoms with Crippen LogP contribution in [-0.2, 0) is 17.6 Å². The highest BCUT2D eigenvalue weighted by molar-refractivity contribution is 8.00. The van der Waals surface area contributed by atoms with Crippen LogP contribution in [-0.4, -0.2) is 29.0 Å². The molecule has 0 bridgehead atoms. The van der Waals surface area contributed by atoms with Crippen LogP contribution in [0, 0.1) is 6.92 Å². The van der Waals surface area contributed by atoms with Gasteiger partial charge in [-0.05, 0) is 54.2 Å². The number of carbonyl (C=O) groups excluding carboxylic acids is 2. The Morgan fingerprint density at radius 2 is 1.78 bits per heavy atom. The lowest BCUT2D eigenvalue weighted by Crippen LogP contribution is -2.30. The predicted octanol–water partition coefficient (Wildman–Crippen LogP) is 5.63. The van der Waals surface area contributed by atoms with Gasteiger partial charge in [-0.3, -0.25) is 9.59 Å². The van der Waals surface area contributed by atoms with Gasteiger partial charge in [0.2, 0.25) is 5.91 Å². The molecule has 1 heterocycles. The number of aryl methyl sites for hydroxylation is 2. The molecule has 5 heteroatoms. The van der Waals surface area contributed by atoms with Gasteiger partial charge in [-0.25, -0.2) is 0 Å². The monoisotopic (exact) mass is 444 g/mol. The number of para-hydroxylation sites is 1. The summed E-state index contributed by atoms with van der Waals surface area (Å²) in [4.78, 5) is 27.3. The molecule has 0 aromatic heterocycles. The quantitative estimate of drug-likeness (QED) is 0.514. The number of hydrogen-bond acceptors (Lipinski definition) is 3. The molecule has 1 aliphatic rings. The molecule has 32 heavy (non-hydrogen) atoms. The van der Waals surface area contributed by atoms with Gasteiger partial charge in [-0.15, -0.1) is 11.8 Å². The number of thioether (sulfide) groups is 1. The smallest absolute Gasteiger partial charge is 0.255 e. The summed E-state index contributed by atoms with van der Waals surface area (Å²) in [6, 6.07) is 24.0. The fourth-order valence-corrected chi connectivity index (χ4v) is 5.27. The molecule has 0 radical (unpaired) electrons. The lowest BCUT2D eigenvalue weighted by atomic mass is 10.0. The van der Waals surface area contributed by atoms with Crippen molar-refractivity contribution >= 4 is 29.3 Å². The second-order valence-corrected chi connectivity index (χ2v) is 9.09. The minimum atomic E-state index is -0.114. The Morgan fingerprint density at radius 1 is 1.03 bits per heavy atom. The van der Waals surface area contributed by atoms with Crippen LogP contribution in [0.1, 0.15) is 44.9 Å². The van der Waals surface area contributed by atoms with Gasteiger partial charge in [0.1, 0.15) is 5.37 Å². The van der Waals surface area contributed by atoms with Gasteiger partial charge in [-0.1, -0.05) is 67.6 Å². The van der Waals surface area contributed by atoms with Crippen molar-refractivity contribution in [1.82, 2.24) is 4.90 Å². The molecule has 0 spiro atoms. The maximum Gasteiger partial charge on any atom is 0.255 e. The number of carbonyl (C=O) groups is 2. The number of rotatable bonds is 7. The summed E-state index contributed by atoms with van der Waals surface area (Å²) >= 11 is 1.65. The Balaban J connectivity index is 1.45. The largest absolute Gasteiger partial charge is 0.326 e. The maximum atomic E-state index is 12.9. The standard InChI is InChI=1S/C27H28N2O2S/c1-3-21-11-7-8-19(2)25(21)28-26(31)22-12-14-23(15-13-22)27-29(24(30)18-32-27)17-16-20-9-5-4-6-10-20/h4-15,27H,3,16-18H2,1-2H3,(H,28,31)/t27-/m1/s1. The summed E-state index contributed by atoms with van der Waals surface area (Å²) in [5.74, 6) is 0.551. The van der Waals surface area contributed by atoms with Crippen molar-refractivity contribution in [3.63, 3.8) is 0 Å². The molecule has 0 aliphatic carbocycles. The van der Waals surface area contributed by atoms with Crippen molar-refractivity contribution in [3.8, 4) is 0 Å². The molecule has 4 nitrogen and oxygen atoms in total. The van der Waals surface area contributed by atoms with Gasteiger partial charge in [-0.2, -0.15) is 0 Å². The van der Waals surface area contributed by atoms with Crippen molar-refractivity contribution in [2.24, 2.45) is 0 Å². The Kier molecular flexibility index (Phi) is 6.96. The number of benzene rings is 3. The molecule has 1 N–H and O–H groups in total. The second-order valence-electron chi connectivity index (χ2n) is 8.02. The number of amides is 2. The van der Waals surface area contributed by atoms with Gasteiger partial charge in [0.15, 0.2) is 0 Å². The lowest BCUT2D eigenvalue weighted by Gasteiger charge is -2.24. The Hall–Kier alpha value is -3.05. The molecule has 164 valence electrons. The highest BCUT2D eigenvalue weighted by Crippen LogP contribution is 2.38. The average Bonchev–Trinajstić information content (AvgIpc) is 3.20. The van der Waals surface area contributed by atoms with E-state index in [1.54, 1.807) is 11.8 Å². The molecule has 3 aromatic rings. The second kappa shape index (κ2) is 10.0. The van der Waals surface area contributed by atoms with Crippen molar-refractivity contribution < 1.29 is 9.59 Å². The van der Waals surface area contributed by atoms with Gasteiger partial charge < -0.3 is 10.2 Å². The Labute approximate surface area is 194 Å². The van der Waals surface area contributed by atoms with E-state index in [-0.39, 0.29) is 17.2 Å². The molecule has 1 saturated heterocycles. The number of hydrogen-bond donors (Lipinski definition) is 1. The average molecular weight is 445 g/mol. The van der Waals surface area contributed by atoms with E-state index in [9.17, 15) is 9.59 Å². The molecule has 1 aliphatic heterocycles. The molecule has 1 fully saturated rings. The first-order valence-corrected chi connectivity index (χ1v) is 12.1. The van der Waals surface area contributed by atoms with Crippen molar-refractivity contribution in [3.05, 3.63) is 101 Å². The first-order valence-electron chi connectivity index (χ1n) is 11.0. The molecule has 4 rings (SSSR count). The summed E-state index contributed by atoms with van der Waals surface area (Å²) < 4.78 is 0. The third kappa shape index (κ3) is 4.89. The molecular weight excluding hydrogens is 416 g/mol. The zero-order chi connectivity index (χ0) is 22.5. The van der Waals surface area contributed by atoms with E-state index in [4.69, 9.17) is 0 Å². The highest BCUT2D eigenvalue weighted by atomic mass is 32.2. The van der Waals surface area contributed by atoms with Crippen LogP contribution in [0.15, 0.2) is 72.8 Å². The molecule has 1 atom stereocenters. The first kappa shape index (κ1) is 22.2. The third-order valence-electron chi connectivity index (χ3n) is 5.89. The Morgan fingerprint density at radius 3 is 2.50 bits per heavy atom. The van der Waals surface area contributed by atoms with Crippen LogP contribution in [0.3, 0.4) is 0 Å². The normalized spacial score (nSPS) is 15.8. The molecular formula is C27H28N2O2S. The molecule has 3 aromatic carbocycles. The van der Waals surface area contributed by atoms with Gasteiger partial charge in [0.25, 0.3) is 5.91 Å². The van der Waals surface area contributed by atoms with E-state index in [0.717, 1.165) is 35.2 Å². The summed E-state index contributed by atoms with van der Waals surface area (Å²) in [7, 11) is 0. The van der Waals surface area contributed by atoms with E-state index >= 15 is 0 Å². The van der Waals surface area contributed by atoms with Crippen molar-refractivity contribution in [2.45, 2.75) is 32.1 Å². The number of nitrogens with zero attached hydrogens (tertiary/aromatic N) is 1. The van der Waals surface area contributed by atoms with Crippen LogP contribution >= 0.6 is 11.8 Å². The third-order valence-corrected chi connectivity index (χ3v) is 7.14. The fourth-order valence-electron chi connectivity index (χ4n) is 4.05. The van der Waals surface area contributed by atoms with Gasteiger partial charge >= 0.3 is 0 Å². The topological polar surface area (TPSA) is 49.4 Å². The molecule has 0 unspecified atom stereocenters. The zero-order valence-electron chi connectivity index (χ0n) is 18.5. The molecule has 0 saturated carbocycles. The summed E-state index contributed by atoms with van der Waals surface area (Å²) in [5, 5.41) is 3.07. The Bertz CT molecular complexity index is 1100. The zero-order valence-corrected chi connectivity index (χ0v) is 19.3. The summed E-state index contributed by atoms with van der Waals surface area (Å²) in [6.45, 7) is 4.79. The minimum Gasteiger partial charge on any atom is -0.326 e. The number of anilines is 1. The summed E-state index contributed by atoms with van der Waals surface area (Å²) in [6.07, 6.45) is 1.70. The van der Waals surface area contributed by atoms with E-state index in [1.165, 1.54) is 5.56 Å². The van der Waals surface area contributed by atoms with Gasteiger partial charge in [0.05, 0.1) is 5.75 Å². The van der Waals surface area contributed by atoms with Crippen LogP contribution in [0.2, 0.25) is 0 Å². The van der Waals surface area contributed by atoms with E-state index in [0.29, 0.717) is 17.9 Å². The fraction of sp³-hybridized carbons (Fsp3) is 0.259. The van der Waals surface area contributed by atoms with E-state index in [2.05, 4.69) is 24.4 Å². The van der Waals surface area contributed by atoms with Crippen LogP contribution in [0.25, 0.3) is 0 Å². The van der Waals surface area contributed by atoms with Crippen LogP contribution in [0.5, 0.6) is 0 Å². The van der Waals surface area contributed by atoms with Crippen LogP contribution in [0.4, 0.5) is 5.69 Å². The maximum absolute atomic E-state index is 12.9. The SMILES string of the molecule is CCc1cccc(C)c1NC(=O)c1ccc([C@H]2SCC(=O)N2CCc2ccccc2)cc1. The lowest BCUT2D eigenvalue weighted by molar-refractivity contribution is -0.128. The van der Waals surface area contributed by atoms with E-state index in [1.807, 2.05) is 72.5 Å².